The molecule has 3 saturated heterocycles. The van der Waals surface area contributed by atoms with E-state index in [9.17, 15) is 9.90 Å². The van der Waals surface area contributed by atoms with Gasteiger partial charge in [-0.1, -0.05) is 24.3 Å². The summed E-state index contributed by atoms with van der Waals surface area (Å²) in [5.74, 6) is 1.29. The fourth-order valence-corrected chi connectivity index (χ4v) is 6.10. The number of β-amino-alcohol motifs (C(OH)–C–C–N with tert-alkyl or cyclic N) is 1. The number of urea groups is 1. The third-order valence-corrected chi connectivity index (χ3v) is 8.55. The van der Waals surface area contributed by atoms with Gasteiger partial charge in [0.15, 0.2) is 0 Å². The number of morpholine rings is 1. The summed E-state index contributed by atoms with van der Waals surface area (Å²) in [6.45, 7) is 9.78. The SMILES string of the molecule is N=C(N)c1cccc(N2CC(O)CN(CC3CCN(Cc4ccc(OCCCCN5CCOCC5)cc4)CC3)C2=O)c1. The number of piperidine rings is 1. The molecule has 42 heavy (non-hydrogen) atoms. The lowest BCUT2D eigenvalue weighted by molar-refractivity contribution is 0.0368. The second-order valence-electron chi connectivity index (χ2n) is 11.8. The van der Waals surface area contributed by atoms with Crippen molar-refractivity contribution < 1.29 is 19.4 Å². The first-order chi connectivity index (χ1) is 20.4. The lowest BCUT2D eigenvalue weighted by Gasteiger charge is -2.41. The van der Waals surface area contributed by atoms with Gasteiger partial charge in [-0.25, -0.2) is 4.79 Å². The lowest BCUT2D eigenvalue weighted by atomic mass is 9.95. The molecule has 3 aliphatic rings. The number of likely N-dealkylation sites (tertiary alicyclic amines) is 1. The molecule has 3 aliphatic heterocycles. The Morgan fingerprint density at radius 3 is 2.50 bits per heavy atom. The molecule has 0 spiro atoms. The molecule has 2 amide bonds. The average Bonchev–Trinajstić information content (AvgIpc) is 3.01. The van der Waals surface area contributed by atoms with Crippen LogP contribution in [0.4, 0.5) is 10.5 Å². The number of rotatable bonds is 12. The Bertz CT molecular complexity index is 1160. The van der Waals surface area contributed by atoms with Gasteiger partial charge in [0.25, 0.3) is 0 Å². The van der Waals surface area contributed by atoms with Gasteiger partial charge in [-0.05, 0) is 81.1 Å². The van der Waals surface area contributed by atoms with E-state index in [1.165, 1.54) is 5.56 Å². The number of aliphatic hydroxyl groups excluding tert-OH is 1. The summed E-state index contributed by atoms with van der Waals surface area (Å²) in [7, 11) is 0. The highest BCUT2D eigenvalue weighted by Gasteiger charge is 2.34. The van der Waals surface area contributed by atoms with Crippen LogP contribution in [0.1, 0.15) is 36.8 Å². The first-order valence-corrected chi connectivity index (χ1v) is 15.4. The number of unbranched alkanes of at least 4 members (excludes halogenated alkanes) is 1. The molecule has 2 aromatic rings. The average molecular weight is 579 g/mol. The van der Waals surface area contributed by atoms with Crippen LogP contribution in [0.15, 0.2) is 48.5 Å². The summed E-state index contributed by atoms with van der Waals surface area (Å²) in [6, 6.07) is 15.5. The van der Waals surface area contributed by atoms with Crippen molar-refractivity contribution in [3.63, 3.8) is 0 Å². The molecular formula is C32H46N6O4. The third-order valence-electron chi connectivity index (χ3n) is 8.55. The first-order valence-electron chi connectivity index (χ1n) is 15.4. The van der Waals surface area contributed by atoms with E-state index in [0.717, 1.165) is 90.5 Å². The van der Waals surface area contributed by atoms with Crippen molar-refractivity contribution in [3.05, 3.63) is 59.7 Å². The molecule has 1 atom stereocenters. The van der Waals surface area contributed by atoms with Crippen LogP contribution in [0.3, 0.4) is 0 Å². The molecule has 228 valence electrons. The van der Waals surface area contributed by atoms with E-state index in [0.29, 0.717) is 30.3 Å². The Morgan fingerprint density at radius 1 is 1.00 bits per heavy atom. The molecule has 3 heterocycles. The monoisotopic (exact) mass is 578 g/mol. The summed E-state index contributed by atoms with van der Waals surface area (Å²) >= 11 is 0. The van der Waals surface area contributed by atoms with E-state index in [2.05, 4.69) is 34.1 Å². The van der Waals surface area contributed by atoms with E-state index in [1.807, 2.05) is 6.07 Å². The van der Waals surface area contributed by atoms with Gasteiger partial charge in [-0.3, -0.25) is 20.1 Å². The molecule has 10 heteroatoms. The molecule has 10 nitrogen and oxygen atoms in total. The van der Waals surface area contributed by atoms with Crippen LogP contribution in [0.2, 0.25) is 0 Å². The Kier molecular flexibility index (Phi) is 10.7. The number of amidine groups is 1. The maximum absolute atomic E-state index is 13.4. The van der Waals surface area contributed by atoms with Gasteiger partial charge < -0.3 is 25.2 Å². The number of amides is 2. The zero-order valence-corrected chi connectivity index (χ0v) is 24.6. The molecule has 3 fully saturated rings. The first kappa shape index (κ1) is 30.3. The zero-order chi connectivity index (χ0) is 29.3. The summed E-state index contributed by atoms with van der Waals surface area (Å²) in [4.78, 5) is 21.7. The van der Waals surface area contributed by atoms with Gasteiger partial charge in [0.05, 0.1) is 39.0 Å². The maximum atomic E-state index is 13.4. The Morgan fingerprint density at radius 2 is 1.76 bits per heavy atom. The third kappa shape index (κ3) is 8.44. The summed E-state index contributed by atoms with van der Waals surface area (Å²) in [5, 5.41) is 18.3. The highest BCUT2D eigenvalue weighted by molar-refractivity contribution is 5.98. The van der Waals surface area contributed by atoms with Crippen LogP contribution in [0, 0.1) is 11.3 Å². The summed E-state index contributed by atoms with van der Waals surface area (Å²) in [5.41, 5.74) is 8.15. The fraction of sp³-hybridized carbons (Fsp3) is 0.562. The minimum Gasteiger partial charge on any atom is -0.494 e. The lowest BCUT2D eigenvalue weighted by Crippen LogP contribution is -2.57. The fourth-order valence-electron chi connectivity index (χ4n) is 6.10. The summed E-state index contributed by atoms with van der Waals surface area (Å²) in [6.07, 6.45) is 3.62. The maximum Gasteiger partial charge on any atom is 0.324 e. The van der Waals surface area contributed by atoms with Gasteiger partial charge in [0.2, 0.25) is 0 Å². The van der Waals surface area contributed by atoms with Gasteiger partial charge >= 0.3 is 6.03 Å². The second kappa shape index (κ2) is 14.8. The minimum absolute atomic E-state index is 0.0413. The van der Waals surface area contributed by atoms with Crippen LogP contribution >= 0.6 is 0 Å². The number of hydrogen-bond donors (Lipinski definition) is 3. The molecule has 0 saturated carbocycles. The number of carbonyl (C=O) groups is 1. The van der Waals surface area contributed by atoms with Crippen LogP contribution in [0.5, 0.6) is 5.75 Å². The number of carbonyl (C=O) groups excluding carboxylic acids is 1. The number of nitrogens with one attached hydrogen (secondary N) is 1. The molecule has 4 N–H and O–H groups in total. The predicted octanol–water partition coefficient (Wildman–Crippen LogP) is 2.98. The number of benzene rings is 2. The van der Waals surface area contributed by atoms with Crippen LogP contribution in [0.25, 0.3) is 0 Å². The number of nitrogens with zero attached hydrogens (tertiary/aromatic N) is 4. The van der Waals surface area contributed by atoms with Gasteiger partial charge in [0, 0.05) is 37.4 Å². The quantitative estimate of drug-likeness (QED) is 0.201. The van der Waals surface area contributed by atoms with E-state index in [-0.39, 0.29) is 18.4 Å². The van der Waals surface area contributed by atoms with Gasteiger partial charge in [-0.2, -0.15) is 0 Å². The van der Waals surface area contributed by atoms with Crippen molar-refractivity contribution in [2.24, 2.45) is 11.7 Å². The standard InChI is InChI=1S/C32H46N6O4/c33-31(34)27-4-3-5-28(20-27)38-24-29(39)23-37(32(38)40)22-26-10-13-36(14-11-26)21-25-6-8-30(9-7-25)42-17-2-1-12-35-15-18-41-19-16-35/h3-9,20,26,29,39H,1-2,10-19,21-24H2,(H3,33,34). The second-order valence-corrected chi connectivity index (χ2v) is 11.8. The van der Waals surface area contributed by atoms with Crippen LogP contribution in [-0.2, 0) is 11.3 Å². The van der Waals surface area contributed by atoms with E-state index in [4.69, 9.17) is 20.6 Å². The van der Waals surface area contributed by atoms with Crippen molar-refractivity contribution in [3.8, 4) is 5.75 Å². The highest BCUT2D eigenvalue weighted by atomic mass is 16.5. The van der Waals surface area contributed by atoms with E-state index >= 15 is 0 Å². The molecule has 5 rings (SSSR count). The van der Waals surface area contributed by atoms with E-state index in [1.54, 1.807) is 28.0 Å². The predicted molar refractivity (Wildman–Crippen MR) is 164 cm³/mol. The number of nitrogens with two attached hydrogens (primary N) is 1. The van der Waals surface area contributed by atoms with E-state index < -0.39 is 6.10 Å². The number of aliphatic hydroxyl groups is 1. The zero-order valence-electron chi connectivity index (χ0n) is 24.6. The largest absolute Gasteiger partial charge is 0.494 e. The Hall–Kier alpha value is -3.18. The Balaban J connectivity index is 1.02. The highest BCUT2D eigenvalue weighted by Crippen LogP contribution is 2.26. The van der Waals surface area contributed by atoms with Gasteiger partial charge in [0.1, 0.15) is 11.6 Å². The van der Waals surface area contributed by atoms with Gasteiger partial charge in [-0.15, -0.1) is 0 Å². The van der Waals surface area contributed by atoms with Crippen LogP contribution in [-0.4, -0.2) is 110 Å². The molecule has 0 bridgehead atoms. The Labute approximate surface area is 249 Å². The summed E-state index contributed by atoms with van der Waals surface area (Å²) < 4.78 is 11.4. The molecule has 2 aromatic carbocycles. The van der Waals surface area contributed by atoms with Crippen molar-refractivity contribution in [1.82, 2.24) is 14.7 Å². The van der Waals surface area contributed by atoms with Crippen molar-refractivity contribution in [2.75, 3.05) is 77.1 Å². The molecule has 0 aliphatic carbocycles. The van der Waals surface area contributed by atoms with Crippen molar-refractivity contribution in [2.45, 2.75) is 38.3 Å². The number of nitrogen functional groups attached to an aromatic ring is 1. The molecule has 0 aromatic heterocycles. The van der Waals surface area contributed by atoms with Crippen LogP contribution < -0.4 is 15.4 Å². The van der Waals surface area contributed by atoms with Crippen molar-refractivity contribution in [1.29, 1.82) is 5.41 Å². The number of anilines is 1. The minimum atomic E-state index is -0.620. The molecular weight excluding hydrogens is 532 g/mol. The molecule has 0 radical (unpaired) electrons. The number of ether oxygens (including phenoxy) is 2. The normalized spacial score (nSPS) is 21.1. The topological polar surface area (TPSA) is 119 Å². The smallest absolute Gasteiger partial charge is 0.324 e. The van der Waals surface area contributed by atoms with Crippen molar-refractivity contribution >= 4 is 17.6 Å². The molecule has 1 unspecified atom stereocenters. The number of hydrogen-bond acceptors (Lipinski definition) is 7.